The number of benzene rings is 1. The Morgan fingerprint density at radius 3 is 2.29 bits per heavy atom. The molecule has 0 amide bonds. The van der Waals surface area contributed by atoms with E-state index in [1.54, 1.807) is 0 Å². The summed E-state index contributed by atoms with van der Waals surface area (Å²) >= 11 is 0. The first-order chi connectivity index (χ1) is 6.46. The van der Waals surface area contributed by atoms with Gasteiger partial charge in [-0.15, -0.1) is 0 Å². The van der Waals surface area contributed by atoms with E-state index in [1.165, 1.54) is 5.56 Å². The van der Waals surface area contributed by atoms with Crippen LogP contribution in [0.25, 0.3) is 0 Å². The first kappa shape index (κ1) is 11.2. The zero-order chi connectivity index (χ0) is 10.8. The summed E-state index contributed by atoms with van der Waals surface area (Å²) in [5.74, 6) is 0. The first-order valence-corrected chi connectivity index (χ1v) is 8.58. The van der Waals surface area contributed by atoms with Crippen LogP contribution in [0.3, 0.4) is 0 Å². The van der Waals surface area contributed by atoms with Crippen molar-refractivity contribution in [3.63, 3.8) is 0 Å². The lowest BCUT2D eigenvalue weighted by Gasteiger charge is -2.26. The van der Waals surface area contributed by atoms with E-state index in [0.29, 0.717) is 5.54 Å². The normalized spacial score (nSPS) is 13.7. The predicted molar refractivity (Wildman–Crippen MR) is 63.6 cm³/mol. The summed E-state index contributed by atoms with van der Waals surface area (Å²) in [6.07, 6.45) is 0.964. The van der Waals surface area contributed by atoms with Gasteiger partial charge in [-0.1, -0.05) is 50.8 Å². The van der Waals surface area contributed by atoms with Crippen LogP contribution < -0.4 is 0 Å². The lowest BCUT2D eigenvalue weighted by Crippen LogP contribution is -2.29. The molecule has 0 spiro atoms. The molecule has 0 aliphatic rings. The van der Waals surface area contributed by atoms with Gasteiger partial charge in [0.2, 0.25) is 0 Å². The average molecular weight is 206 g/mol. The minimum absolute atomic E-state index is 0.531. The van der Waals surface area contributed by atoms with Gasteiger partial charge in [-0.2, -0.15) is 0 Å². The standard InChI is InChI=1S/C12H18OSi/c1-10(14(2,3)4)12-8-6-5-7-11(12)9-13/h5-10H,1-4H3. The summed E-state index contributed by atoms with van der Waals surface area (Å²) in [4.78, 5) is 10.9. The van der Waals surface area contributed by atoms with Crippen molar-refractivity contribution in [2.75, 3.05) is 0 Å². The van der Waals surface area contributed by atoms with E-state index in [1.807, 2.05) is 18.2 Å². The van der Waals surface area contributed by atoms with Crippen molar-refractivity contribution < 1.29 is 4.79 Å². The fourth-order valence-corrected chi connectivity index (χ4v) is 2.67. The molecule has 1 rings (SSSR count). The lowest BCUT2D eigenvalue weighted by atomic mass is 10.1. The molecule has 1 unspecified atom stereocenters. The van der Waals surface area contributed by atoms with Crippen molar-refractivity contribution in [1.82, 2.24) is 0 Å². The van der Waals surface area contributed by atoms with Crippen LogP contribution in [-0.4, -0.2) is 14.4 Å². The highest BCUT2D eigenvalue weighted by Crippen LogP contribution is 2.28. The molecule has 0 bridgehead atoms. The van der Waals surface area contributed by atoms with E-state index in [-0.39, 0.29) is 0 Å². The molecule has 0 aliphatic carbocycles. The van der Waals surface area contributed by atoms with Gasteiger partial charge in [0.15, 0.2) is 0 Å². The Morgan fingerprint density at radius 1 is 1.21 bits per heavy atom. The highest BCUT2D eigenvalue weighted by atomic mass is 28.3. The van der Waals surface area contributed by atoms with E-state index >= 15 is 0 Å². The molecule has 0 aromatic heterocycles. The van der Waals surface area contributed by atoms with Crippen molar-refractivity contribution in [2.45, 2.75) is 32.1 Å². The fraction of sp³-hybridized carbons (Fsp3) is 0.417. The van der Waals surface area contributed by atoms with Crippen LogP contribution in [0.1, 0.15) is 28.4 Å². The third-order valence-corrected chi connectivity index (χ3v) is 5.80. The molecule has 2 heteroatoms. The van der Waals surface area contributed by atoms with Crippen LogP contribution in [0.15, 0.2) is 24.3 Å². The molecule has 0 saturated heterocycles. The molecule has 1 atom stereocenters. The molecule has 0 saturated carbocycles. The second kappa shape index (κ2) is 4.09. The Hall–Kier alpha value is -0.893. The summed E-state index contributed by atoms with van der Waals surface area (Å²) < 4.78 is 0. The van der Waals surface area contributed by atoms with Crippen LogP contribution in [0.4, 0.5) is 0 Å². The van der Waals surface area contributed by atoms with Gasteiger partial charge in [0.1, 0.15) is 6.29 Å². The largest absolute Gasteiger partial charge is 0.298 e. The molecule has 0 fully saturated rings. The quantitative estimate of drug-likeness (QED) is 0.546. The Morgan fingerprint density at radius 2 is 1.79 bits per heavy atom. The van der Waals surface area contributed by atoms with Gasteiger partial charge >= 0.3 is 0 Å². The topological polar surface area (TPSA) is 17.1 Å². The smallest absolute Gasteiger partial charge is 0.150 e. The summed E-state index contributed by atoms with van der Waals surface area (Å²) in [5, 5.41) is 0. The van der Waals surface area contributed by atoms with E-state index in [9.17, 15) is 4.79 Å². The summed E-state index contributed by atoms with van der Waals surface area (Å²) in [7, 11) is -1.21. The molecule has 1 nitrogen and oxygen atoms in total. The van der Waals surface area contributed by atoms with E-state index in [2.05, 4.69) is 32.6 Å². The SMILES string of the molecule is CC(c1ccccc1C=O)[Si](C)(C)C. The molecule has 0 aliphatic heterocycles. The molecule has 0 heterocycles. The molecular weight excluding hydrogens is 188 g/mol. The van der Waals surface area contributed by atoms with Crippen molar-refractivity contribution in [2.24, 2.45) is 0 Å². The van der Waals surface area contributed by atoms with E-state index in [0.717, 1.165) is 11.8 Å². The maximum atomic E-state index is 10.9. The van der Waals surface area contributed by atoms with Gasteiger partial charge in [-0.3, -0.25) is 4.79 Å². The number of hydrogen-bond donors (Lipinski definition) is 0. The molecular formula is C12H18OSi. The number of carbonyl (C=O) groups excluding carboxylic acids is 1. The maximum Gasteiger partial charge on any atom is 0.150 e. The number of carbonyl (C=O) groups is 1. The second-order valence-corrected chi connectivity index (χ2v) is 10.4. The molecule has 0 N–H and O–H groups in total. The Kier molecular flexibility index (Phi) is 3.27. The third kappa shape index (κ3) is 2.32. The van der Waals surface area contributed by atoms with Gasteiger partial charge in [0, 0.05) is 5.56 Å². The zero-order valence-corrected chi connectivity index (χ0v) is 10.4. The molecule has 1 aromatic rings. The second-order valence-electron chi connectivity index (χ2n) is 4.83. The van der Waals surface area contributed by atoms with Gasteiger partial charge in [-0.25, -0.2) is 0 Å². The molecule has 76 valence electrons. The van der Waals surface area contributed by atoms with E-state index < -0.39 is 8.07 Å². The van der Waals surface area contributed by atoms with Crippen LogP contribution in [-0.2, 0) is 0 Å². The lowest BCUT2D eigenvalue weighted by molar-refractivity contribution is 0.112. The van der Waals surface area contributed by atoms with Gasteiger partial charge < -0.3 is 0 Å². The first-order valence-electron chi connectivity index (χ1n) is 5.01. The van der Waals surface area contributed by atoms with Gasteiger partial charge in [-0.05, 0) is 11.1 Å². The minimum Gasteiger partial charge on any atom is -0.298 e. The average Bonchev–Trinajstić information content (AvgIpc) is 2.15. The Labute approximate surface area is 87.2 Å². The predicted octanol–water partition coefficient (Wildman–Crippen LogP) is 3.48. The third-order valence-electron chi connectivity index (χ3n) is 2.89. The number of aldehydes is 1. The molecule has 14 heavy (non-hydrogen) atoms. The minimum atomic E-state index is -1.21. The Balaban J connectivity index is 3.12. The van der Waals surface area contributed by atoms with Crippen molar-refractivity contribution in [3.05, 3.63) is 35.4 Å². The van der Waals surface area contributed by atoms with Crippen molar-refractivity contribution >= 4 is 14.4 Å². The van der Waals surface area contributed by atoms with Crippen LogP contribution in [0.2, 0.25) is 19.6 Å². The number of hydrogen-bond acceptors (Lipinski definition) is 1. The van der Waals surface area contributed by atoms with Gasteiger partial charge in [0.05, 0.1) is 8.07 Å². The molecule has 1 aromatic carbocycles. The maximum absolute atomic E-state index is 10.9. The van der Waals surface area contributed by atoms with Gasteiger partial charge in [0.25, 0.3) is 0 Å². The highest BCUT2D eigenvalue weighted by molar-refractivity contribution is 6.77. The highest BCUT2D eigenvalue weighted by Gasteiger charge is 2.25. The fourth-order valence-electron chi connectivity index (χ4n) is 1.48. The monoisotopic (exact) mass is 206 g/mol. The van der Waals surface area contributed by atoms with Crippen molar-refractivity contribution in [3.8, 4) is 0 Å². The van der Waals surface area contributed by atoms with Crippen LogP contribution in [0.5, 0.6) is 0 Å². The van der Waals surface area contributed by atoms with Crippen LogP contribution in [0, 0.1) is 0 Å². The Bertz CT molecular complexity index is 325. The van der Waals surface area contributed by atoms with E-state index in [4.69, 9.17) is 0 Å². The summed E-state index contributed by atoms with van der Waals surface area (Å²) in [5.41, 5.74) is 2.59. The van der Waals surface area contributed by atoms with Crippen molar-refractivity contribution in [1.29, 1.82) is 0 Å². The van der Waals surface area contributed by atoms with Crippen LogP contribution >= 0.6 is 0 Å². The number of rotatable bonds is 3. The molecule has 0 radical (unpaired) electrons. The summed E-state index contributed by atoms with van der Waals surface area (Å²) in [6, 6.07) is 7.91. The summed E-state index contributed by atoms with van der Waals surface area (Å²) in [6.45, 7) is 9.23. The zero-order valence-electron chi connectivity index (χ0n) is 9.37.